The summed E-state index contributed by atoms with van der Waals surface area (Å²) in [5, 5.41) is 0. The van der Waals surface area contributed by atoms with E-state index < -0.39 is 0 Å². The second kappa shape index (κ2) is 4.83. The van der Waals surface area contributed by atoms with Crippen molar-refractivity contribution in [1.29, 1.82) is 0 Å². The van der Waals surface area contributed by atoms with E-state index in [0.29, 0.717) is 5.56 Å². The summed E-state index contributed by atoms with van der Waals surface area (Å²) in [4.78, 5) is 10.6. The van der Waals surface area contributed by atoms with Crippen molar-refractivity contribution in [2.45, 2.75) is 6.92 Å². The molecular formula is C15H14O2. The van der Waals surface area contributed by atoms with E-state index in [-0.39, 0.29) is 0 Å². The summed E-state index contributed by atoms with van der Waals surface area (Å²) in [7, 11) is 1.66. The van der Waals surface area contributed by atoms with Gasteiger partial charge in [0.25, 0.3) is 0 Å². The minimum Gasteiger partial charge on any atom is -0.497 e. The predicted molar refractivity (Wildman–Crippen MR) is 68.6 cm³/mol. The Morgan fingerprint density at radius 1 is 1.06 bits per heavy atom. The molecule has 0 aliphatic rings. The van der Waals surface area contributed by atoms with Crippen molar-refractivity contribution < 1.29 is 9.53 Å². The lowest BCUT2D eigenvalue weighted by Crippen LogP contribution is -1.88. The van der Waals surface area contributed by atoms with Crippen LogP contribution in [-0.4, -0.2) is 13.4 Å². The number of ether oxygens (including phenoxy) is 1. The zero-order valence-electron chi connectivity index (χ0n) is 9.94. The molecule has 0 amide bonds. The summed E-state index contributed by atoms with van der Waals surface area (Å²) in [6, 6.07) is 13.5. The van der Waals surface area contributed by atoms with Gasteiger partial charge in [0, 0.05) is 5.56 Å². The SMILES string of the molecule is COc1ccc(-c2ccc(C=O)cc2)c(C)c1. The molecule has 2 nitrogen and oxygen atoms in total. The van der Waals surface area contributed by atoms with Crippen LogP contribution in [0.1, 0.15) is 15.9 Å². The Morgan fingerprint density at radius 2 is 1.76 bits per heavy atom. The van der Waals surface area contributed by atoms with Gasteiger partial charge < -0.3 is 4.74 Å². The average Bonchev–Trinajstić information content (AvgIpc) is 2.39. The van der Waals surface area contributed by atoms with Crippen molar-refractivity contribution in [2.75, 3.05) is 7.11 Å². The minimum atomic E-state index is 0.694. The maximum atomic E-state index is 10.6. The van der Waals surface area contributed by atoms with Gasteiger partial charge in [0.2, 0.25) is 0 Å². The van der Waals surface area contributed by atoms with Crippen molar-refractivity contribution in [1.82, 2.24) is 0 Å². The molecule has 2 aromatic rings. The molecule has 0 saturated carbocycles. The van der Waals surface area contributed by atoms with Crippen molar-refractivity contribution in [3.63, 3.8) is 0 Å². The number of methoxy groups -OCH3 is 1. The summed E-state index contributed by atoms with van der Waals surface area (Å²) in [6.07, 6.45) is 0.852. The first-order valence-corrected chi connectivity index (χ1v) is 5.45. The lowest BCUT2D eigenvalue weighted by atomic mass is 9.99. The second-order valence-electron chi connectivity index (χ2n) is 3.92. The number of rotatable bonds is 3. The standard InChI is InChI=1S/C15H14O2/c1-11-9-14(17-2)7-8-15(11)13-5-3-12(10-16)4-6-13/h3-10H,1-2H3. The van der Waals surface area contributed by atoms with E-state index in [1.807, 2.05) is 49.4 Å². The highest BCUT2D eigenvalue weighted by Gasteiger charge is 2.03. The van der Waals surface area contributed by atoms with E-state index in [1.165, 1.54) is 0 Å². The zero-order valence-corrected chi connectivity index (χ0v) is 9.94. The van der Waals surface area contributed by atoms with E-state index >= 15 is 0 Å². The molecule has 86 valence electrons. The van der Waals surface area contributed by atoms with Crippen LogP contribution < -0.4 is 4.74 Å². The van der Waals surface area contributed by atoms with E-state index in [9.17, 15) is 4.79 Å². The molecule has 0 unspecified atom stereocenters. The first-order valence-electron chi connectivity index (χ1n) is 5.45. The van der Waals surface area contributed by atoms with Crippen molar-refractivity contribution in [3.8, 4) is 16.9 Å². The molecule has 2 rings (SSSR count). The number of aryl methyl sites for hydroxylation is 1. The molecule has 0 heterocycles. The zero-order chi connectivity index (χ0) is 12.3. The summed E-state index contributed by atoms with van der Waals surface area (Å²) in [5.74, 6) is 0.857. The highest BCUT2D eigenvalue weighted by molar-refractivity contribution is 5.77. The number of carbonyl (C=O) groups is 1. The number of hydrogen-bond acceptors (Lipinski definition) is 2. The molecule has 2 heteroatoms. The van der Waals surface area contributed by atoms with Gasteiger partial charge >= 0.3 is 0 Å². The van der Waals surface area contributed by atoms with E-state index in [4.69, 9.17) is 4.74 Å². The Balaban J connectivity index is 2.41. The van der Waals surface area contributed by atoms with Crippen LogP contribution in [0.3, 0.4) is 0 Å². The van der Waals surface area contributed by atoms with E-state index in [0.717, 1.165) is 28.7 Å². The number of carbonyl (C=O) groups excluding carboxylic acids is 1. The van der Waals surface area contributed by atoms with Crippen LogP contribution in [0.25, 0.3) is 11.1 Å². The minimum absolute atomic E-state index is 0.694. The lowest BCUT2D eigenvalue weighted by Gasteiger charge is -2.08. The van der Waals surface area contributed by atoms with Gasteiger partial charge in [-0.3, -0.25) is 4.79 Å². The molecule has 0 radical (unpaired) electrons. The van der Waals surface area contributed by atoms with Gasteiger partial charge in [-0.05, 0) is 35.7 Å². The van der Waals surface area contributed by atoms with Gasteiger partial charge in [-0.1, -0.05) is 30.3 Å². The molecule has 0 aromatic heterocycles. The Morgan fingerprint density at radius 3 is 2.29 bits per heavy atom. The number of aldehydes is 1. The Kier molecular flexibility index (Phi) is 3.24. The van der Waals surface area contributed by atoms with Gasteiger partial charge in [-0.15, -0.1) is 0 Å². The van der Waals surface area contributed by atoms with Gasteiger partial charge in [-0.2, -0.15) is 0 Å². The van der Waals surface area contributed by atoms with E-state index in [2.05, 4.69) is 0 Å². The Bertz CT molecular complexity index is 527. The smallest absolute Gasteiger partial charge is 0.150 e. The normalized spacial score (nSPS) is 10.0. The Hall–Kier alpha value is -2.09. The summed E-state index contributed by atoms with van der Waals surface area (Å²) >= 11 is 0. The Labute approximate surface area is 101 Å². The monoisotopic (exact) mass is 226 g/mol. The predicted octanol–water partition coefficient (Wildman–Crippen LogP) is 3.48. The van der Waals surface area contributed by atoms with Crippen molar-refractivity contribution >= 4 is 6.29 Å². The first kappa shape index (κ1) is 11.4. The van der Waals surface area contributed by atoms with Crippen LogP contribution in [0.4, 0.5) is 0 Å². The molecule has 0 fully saturated rings. The third-order valence-electron chi connectivity index (χ3n) is 2.79. The topological polar surface area (TPSA) is 26.3 Å². The van der Waals surface area contributed by atoms with Gasteiger partial charge in [0.15, 0.2) is 0 Å². The summed E-state index contributed by atoms with van der Waals surface area (Å²) < 4.78 is 5.18. The largest absolute Gasteiger partial charge is 0.497 e. The molecule has 0 spiro atoms. The first-order chi connectivity index (χ1) is 8.24. The molecule has 2 aromatic carbocycles. The van der Waals surface area contributed by atoms with Gasteiger partial charge in [-0.25, -0.2) is 0 Å². The molecule has 0 bridgehead atoms. The number of hydrogen-bond donors (Lipinski definition) is 0. The quantitative estimate of drug-likeness (QED) is 0.749. The molecule has 0 saturated heterocycles. The van der Waals surface area contributed by atoms with Crippen molar-refractivity contribution in [3.05, 3.63) is 53.6 Å². The third-order valence-corrected chi connectivity index (χ3v) is 2.79. The van der Waals surface area contributed by atoms with Gasteiger partial charge in [0.05, 0.1) is 7.11 Å². The van der Waals surface area contributed by atoms with Gasteiger partial charge in [0.1, 0.15) is 12.0 Å². The fraction of sp³-hybridized carbons (Fsp3) is 0.133. The maximum Gasteiger partial charge on any atom is 0.150 e. The number of benzene rings is 2. The molecule has 0 atom stereocenters. The van der Waals surface area contributed by atoms with Crippen LogP contribution in [0, 0.1) is 6.92 Å². The van der Waals surface area contributed by atoms with Crippen LogP contribution >= 0.6 is 0 Å². The lowest BCUT2D eigenvalue weighted by molar-refractivity contribution is 0.112. The van der Waals surface area contributed by atoms with Crippen molar-refractivity contribution in [2.24, 2.45) is 0 Å². The molecule has 0 aliphatic heterocycles. The van der Waals surface area contributed by atoms with E-state index in [1.54, 1.807) is 7.11 Å². The highest BCUT2D eigenvalue weighted by Crippen LogP contribution is 2.26. The average molecular weight is 226 g/mol. The van der Waals surface area contributed by atoms with Crippen LogP contribution in [-0.2, 0) is 0 Å². The van der Waals surface area contributed by atoms with Crippen LogP contribution in [0.5, 0.6) is 5.75 Å². The molecule has 0 aliphatic carbocycles. The molecular weight excluding hydrogens is 212 g/mol. The highest BCUT2D eigenvalue weighted by atomic mass is 16.5. The molecule has 17 heavy (non-hydrogen) atoms. The maximum absolute atomic E-state index is 10.6. The van der Waals surface area contributed by atoms with Crippen LogP contribution in [0.2, 0.25) is 0 Å². The molecule has 0 N–H and O–H groups in total. The summed E-state index contributed by atoms with van der Waals surface area (Å²) in [5.41, 5.74) is 4.11. The van der Waals surface area contributed by atoms with Crippen LogP contribution in [0.15, 0.2) is 42.5 Å². The third kappa shape index (κ3) is 2.36. The second-order valence-corrected chi connectivity index (χ2v) is 3.92. The fourth-order valence-electron chi connectivity index (χ4n) is 1.83. The fourth-order valence-corrected chi connectivity index (χ4v) is 1.83. The summed E-state index contributed by atoms with van der Waals surface area (Å²) in [6.45, 7) is 2.05.